The van der Waals surface area contributed by atoms with Gasteiger partial charge in [-0.05, 0) is 25.5 Å². The molecule has 1 aromatic carbocycles. The summed E-state index contributed by atoms with van der Waals surface area (Å²) < 4.78 is 18.6. The highest BCUT2D eigenvalue weighted by molar-refractivity contribution is 8.93. The Morgan fingerprint density at radius 1 is 1.38 bits per heavy atom. The molecule has 90 valence electrons. The van der Waals surface area contributed by atoms with Gasteiger partial charge in [0, 0.05) is 11.6 Å². The molecule has 0 bridgehead atoms. The average molecular weight is 290 g/mol. The van der Waals surface area contributed by atoms with Crippen LogP contribution in [0.2, 0.25) is 0 Å². The topological polar surface area (TPSA) is 21.3 Å². The first-order valence-corrected chi connectivity index (χ1v) is 5.38. The van der Waals surface area contributed by atoms with E-state index in [1.807, 2.05) is 6.07 Å². The number of ether oxygens (including phenoxy) is 1. The van der Waals surface area contributed by atoms with Gasteiger partial charge in [-0.25, -0.2) is 4.39 Å². The second kappa shape index (κ2) is 6.21. The monoisotopic (exact) mass is 289 g/mol. The van der Waals surface area contributed by atoms with E-state index >= 15 is 0 Å². The molecular formula is C12H17BrFNO. The Balaban J connectivity index is 0.00000128. The fourth-order valence-electron chi connectivity index (χ4n) is 2.13. The van der Waals surface area contributed by atoms with Crippen molar-refractivity contribution in [1.29, 1.82) is 0 Å². The molecule has 0 radical (unpaired) electrons. The van der Waals surface area contributed by atoms with Crippen LogP contribution in [0.15, 0.2) is 18.2 Å². The molecule has 0 spiro atoms. The Morgan fingerprint density at radius 3 is 2.81 bits per heavy atom. The van der Waals surface area contributed by atoms with Gasteiger partial charge in [0.2, 0.25) is 0 Å². The van der Waals surface area contributed by atoms with Gasteiger partial charge in [0.05, 0.1) is 7.11 Å². The molecule has 1 aromatic rings. The van der Waals surface area contributed by atoms with Crippen LogP contribution in [-0.2, 0) is 0 Å². The van der Waals surface area contributed by atoms with E-state index in [1.54, 1.807) is 6.07 Å². The van der Waals surface area contributed by atoms with Crippen LogP contribution in [0.1, 0.15) is 30.9 Å². The number of methoxy groups -OCH3 is 1. The molecular weight excluding hydrogens is 273 g/mol. The fourth-order valence-corrected chi connectivity index (χ4v) is 2.13. The first-order valence-electron chi connectivity index (χ1n) is 5.38. The van der Waals surface area contributed by atoms with Crippen LogP contribution in [-0.4, -0.2) is 13.7 Å². The minimum Gasteiger partial charge on any atom is -0.493 e. The van der Waals surface area contributed by atoms with Crippen LogP contribution in [0.3, 0.4) is 0 Å². The third kappa shape index (κ3) is 2.74. The number of benzene rings is 1. The van der Waals surface area contributed by atoms with Gasteiger partial charge in [-0.3, -0.25) is 0 Å². The van der Waals surface area contributed by atoms with Crippen LogP contribution < -0.4 is 10.1 Å². The van der Waals surface area contributed by atoms with Crippen molar-refractivity contribution in [2.75, 3.05) is 13.7 Å². The highest BCUT2D eigenvalue weighted by Gasteiger charge is 2.20. The predicted octanol–water partition coefficient (Wildman–Crippen LogP) is 3.23. The van der Waals surface area contributed by atoms with E-state index in [0.29, 0.717) is 5.75 Å². The van der Waals surface area contributed by atoms with E-state index in [9.17, 15) is 4.39 Å². The van der Waals surface area contributed by atoms with E-state index in [2.05, 4.69) is 5.32 Å². The molecule has 1 unspecified atom stereocenters. The molecule has 1 aliphatic heterocycles. The van der Waals surface area contributed by atoms with Gasteiger partial charge < -0.3 is 10.1 Å². The fraction of sp³-hybridized carbons (Fsp3) is 0.500. The summed E-state index contributed by atoms with van der Waals surface area (Å²) >= 11 is 0. The van der Waals surface area contributed by atoms with Crippen molar-refractivity contribution in [2.24, 2.45) is 0 Å². The zero-order valence-electron chi connectivity index (χ0n) is 9.33. The maximum atomic E-state index is 13.5. The van der Waals surface area contributed by atoms with E-state index in [-0.39, 0.29) is 28.8 Å². The van der Waals surface area contributed by atoms with Crippen LogP contribution >= 0.6 is 17.0 Å². The number of nitrogens with one attached hydrogen (secondary N) is 1. The molecule has 1 aliphatic rings. The minimum absolute atomic E-state index is 0. The summed E-state index contributed by atoms with van der Waals surface area (Å²) in [6.45, 7) is 1.00. The molecule has 1 atom stereocenters. The van der Waals surface area contributed by atoms with Crippen LogP contribution in [0, 0.1) is 5.82 Å². The zero-order valence-corrected chi connectivity index (χ0v) is 11.0. The van der Waals surface area contributed by atoms with Crippen molar-refractivity contribution < 1.29 is 9.13 Å². The van der Waals surface area contributed by atoms with Gasteiger partial charge in [0.25, 0.3) is 0 Å². The molecule has 0 aliphatic carbocycles. The highest BCUT2D eigenvalue weighted by Crippen LogP contribution is 2.32. The number of halogens is 2. The second-order valence-electron chi connectivity index (χ2n) is 3.86. The summed E-state index contributed by atoms with van der Waals surface area (Å²) in [6.07, 6.45) is 3.45. The van der Waals surface area contributed by atoms with Gasteiger partial charge in [-0.2, -0.15) is 0 Å². The first kappa shape index (κ1) is 13.5. The lowest BCUT2D eigenvalue weighted by atomic mass is 9.96. The third-order valence-electron chi connectivity index (χ3n) is 2.89. The Hall–Kier alpha value is -0.610. The standard InChI is InChI=1S/C12H16FNO.BrH/c1-15-12-9(5-4-6-10(12)13)11-7-2-3-8-14-11;/h4-6,11,14H,2-3,7-8H2,1H3;1H. The van der Waals surface area contributed by atoms with Crippen molar-refractivity contribution in [3.8, 4) is 5.75 Å². The van der Waals surface area contributed by atoms with Gasteiger partial charge in [0.15, 0.2) is 11.6 Å². The Morgan fingerprint density at radius 2 is 2.19 bits per heavy atom. The van der Waals surface area contributed by atoms with E-state index in [1.165, 1.54) is 26.0 Å². The van der Waals surface area contributed by atoms with E-state index in [0.717, 1.165) is 18.5 Å². The smallest absolute Gasteiger partial charge is 0.165 e. The lowest BCUT2D eigenvalue weighted by Crippen LogP contribution is -2.27. The normalized spacial score (nSPS) is 20.0. The van der Waals surface area contributed by atoms with Crippen molar-refractivity contribution in [1.82, 2.24) is 5.32 Å². The maximum absolute atomic E-state index is 13.5. The van der Waals surface area contributed by atoms with Gasteiger partial charge >= 0.3 is 0 Å². The molecule has 0 saturated carbocycles. The molecule has 2 rings (SSSR count). The Bertz CT molecular complexity index is 340. The van der Waals surface area contributed by atoms with Gasteiger partial charge in [0.1, 0.15) is 0 Å². The molecule has 1 heterocycles. The lowest BCUT2D eigenvalue weighted by molar-refractivity contribution is 0.356. The van der Waals surface area contributed by atoms with E-state index in [4.69, 9.17) is 4.74 Å². The van der Waals surface area contributed by atoms with Crippen molar-refractivity contribution in [2.45, 2.75) is 25.3 Å². The quantitative estimate of drug-likeness (QED) is 0.903. The minimum atomic E-state index is -0.276. The number of para-hydroxylation sites is 1. The summed E-state index contributed by atoms with van der Waals surface area (Å²) in [5.41, 5.74) is 0.942. The summed E-state index contributed by atoms with van der Waals surface area (Å²) in [7, 11) is 1.52. The Kier molecular flexibility index (Phi) is 5.22. The average Bonchev–Trinajstić information content (AvgIpc) is 2.30. The SMILES string of the molecule is Br.COc1c(F)cccc1C1CCCCN1. The molecule has 2 nitrogen and oxygen atoms in total. The van der Waals surface area contributed by atoms with Crippen molar-refractivity contribution in [3.63, 3.8) is 0 Å². The largest absolute Gasteiger partial charge is 0.493 e. The maximum Gasteiger partial charge on any atom is 0.165 e. The molecule has 1 N–H and O–H groups in total. The van der Waals surface area contributed by atoms with E-state index < -0.39 is 0 Å². The Labute approximate surface area is 106 Å². The third-order valence-corrected chi connectivity index (χ3v) is 2.89. The molecule has 0 aromatic heterocycles. The molecule has 4 heteroatoms. The number of hydrogen-bond acceptors (Lipinski definition) is 2. The lowest BCUT2D eigenvalue weighted by Gasteiger charge is -2.25. The summed E-state index contributed by atoms with van der Waals surface area (Å²) in [4.78, 5) is 0. The number of piperidine rings is 1. The molecule has 16 heavy (non-hydrogen) atoms. The van der Waals surface area contributed by atoms with Crippen LogP contribution in [0.25, 0.3) is 0 Å². The summed E-state index contributed by atoms with van der Waals surface area (Å²) in [6, 6.07) is 5.35. The molecule has 0 amide bonds. The molecule has 1 saturated heterocycles. The summed E-state index contributed by atoms with van der Waals surface area (Å²) in [5.74, 6) is 0.110. The van der Waals surface area contributed by atoms with Crippen LogP contribution in [0.4, 0.5) is 4.39 Å². The van der Waals surface area contributed by atoms with Gasteiger partial charge in [-0.15, -0.1) is 17.0 Å². The van der Waals surface area contributed by atoms with Crippen molar-refractivity contribution >= 4 is 17.0 Å². The number of hydrogen-bond donors (Lipinski definition) is 1. The molecule has 1 fully saturated rings. The predicted molar refractivity (Wildman–Crippen MR) is 67.9 cm³/mol. The highest BCUT2D eigenvalue weighted by atomic mass is 79.9. The van der Waals surface area contributed by atoms with Gasteiger partial charge in [-0.1, -0.05) is 18.6 Å². The zero-order chi connectivity index (χ0) is 10.7. The van der Waals surface area contributed by atoms with Crippen molar-refractivity contribution in [3.05, 3.63) is 29.6 Å². The summed E-state index contributed by atoms with van der Waals surface area (Å²) in [5, 5.41) is 3.39. The van der Waals surface area contributed by atoms with Crippen LogP contribution in [0.5, 0.6) is 5.75 Å². The first-order chi connectivity index (χ1) is 7.33. The number of rotatable bonds is 2. The second-order valence-corrected chi connectivity index (χ2v) is 3.86.